The maximum atomic E-state index is 6.07. The van der Waals surface area contributed by atoms with Gasteiger partial charge in [-0.15, -0.1) is 24.0 Å². The summed E-state index contributed by atoms with van der Waals surface area (Å²) < 4.78 is 8.28. The van der Waals surface area contributed by atoms with Gasteiger partial charge in [0.2, 0.25) is 0 Å². The quantitative estimate of drug-likeness (QED) is 0.287. The molecule has 6 nitrogen and oxygen atoms in total. The van der Waals surface area contributed by atoms with Crippen LogP contribution < -0.4 is 5.32 Å². The minimum Gasteiger partial charge on any atom is -0.370 e. The molecule has 0 saturated carbocycles. The van der Waals surface area contributed by atoms with Crippen LogP contribution in [-0.4, -0.2) is 47.2 Å². The fourth-order valence-electron chi connectivity index (χ4n) is 4.07. The van der Waals surface area contributed by atoms with Gasteiger partial charge in [-0.25, -0.2) is 4.98 Å². The molecular formula is C25H32IN5O. The van der Waals surface area contributed by atoms with Gasteiger partial charge >= 0.3 is 0 Å². The summed E-state index contributed by atoms with van der Waals surface area (Å²) in [5.41, 5.74) is 3.85. The van der Waals surface area contributed by atoms with Gasteiger partial charge in [0.1, 0.15) is 11.9 Å². The Morgan fingerprint density at radius 2 is 1.94 bits per heavy atom. The van der Waals surface area contributed by atoms with E-state index in [2.05, 4.69) is 86.3 Å². The van der Waals surface area contributed by atoms with Crippen molar-refractivity contribution >= 4 is 29.9 Å². The summed E-state index contributed by atoms with van der Waals surface area (Å²) in [5.74, 6) is 1.90. The molecule has 4 rings (SSSR count). The molecule has 2 heterocycles. The summed E-state index contributed by atoms with van der Waals surface area (Å²) in [6, 6.07) is 19.0. The first-order valence-electron chi connectivity index (χ1n) is 10.9. The van der Waals surface area contributed by atoms with Crippen molar-refractivity contribution in [1.29, 1.82) is 0 Å². The molecule has 170 valence electrons. The lowest BCUT2D eigenvalue weighted by Crippen LogP contribution is -2.48. The fourth-order valence-corrected chi connectivity index (χ4v) is 4.07. The molecule has 1 aromatic heterocycles. The van der Waals surface area contributed by atoms with E-state index in [0.29, 0.717) is 13.2 Å². The maximum absolute atomic E-state index is 6.07. The molecule has 0 bridgehead atoms. The Bertz CT molecular complexity index is 1000. The van der Waals surface area contributed by atoms with Crippen molar-refractivity contribution in [3.8, 4) is 0 Å². The molecule has 0 spiro atoms. The minimum atomic E-state index is 0. The molecule has 0 amide bonds. The van der Waals surface area contributed by atoms with E-state index >= 15 is 0 Å². The third-order valence-electron chi connectivity index (χ3n) is 5.80. The number of nitrogens with one attached hydrogen (secondary N) is 1. The van der Waals surface area contributed by atoms with Gasteiger partial charge in [-0.2, -0.15) is 0 Å². The summed E-state index contributed by atoms with van der Waals surface area (Å²) in [4.78, 5) is 11.4. The van der Waals surface area contributed by atoms with Crippen molar-refractivity contribution in [3.05, 3.63) is 89.5 Å². The number of nitrogens with zero attached hydrogens (tertiary/aromatic N) is 4. The van der Waals surface area contributed by atoms with E-state index in [1.165, 1.54) is 16.7 Å². The average Bonchev–Trinajstić information content (AvgIpc) is 3.27. The van der Waals surface area contributed by atoms with Crippen molar-refractivity contribution in [2.75, 3.05) is 26.7 Å². The summed E-state index contributed by atoms with van der Waals surface area (Å²) in [6.45, 7) is 5.98. The van der Waals surface area contributed by atoms with Crippen LogP contribution in [0.4, 0.5) is 0 Å². The van der Waals surface area contributed by atoms with Crippen LogP contribution in [0.25, 0.3) is 0 Å². The Labute approximate surface area is 207 Å². The van der Waals surface area contributed by atoms with E-state index in [4.69, 9.17) is 4.74 Å². The second-order valence-corrected chi connectivity index (χ2v) is 7.84. The number of hydrogen-bond donors (Lipinski definition) is 1. The van der Waals surface area contributed by atoms with Crippen LogP contribution in [0.2, 0.25) is 0 Å². The van der Waals surface area contributed by atoms with Gasteiger partial charge in [0.15, 0.2) is 5.96 Å². The first kappa shape index (κ1) is 24.3. The lowest BCUT2D eigenvalue weighted by Gasteiger charge is -2.35. The first-order chi connectivity index (χ1) is 15.2. The number of aryl methyl sites for hydroxylation is 3. The third kappa shape index (κ3) is 6.10. The Balaban J connectivity index is 0.00000289. The molecule has 2 aromatic carbocycles. The summed E-state index contributed by atoms with van der Waals surface area (Å²) in [6.07, 6.45) is 4.96. The molecule has 1 unspecified atom stereocenters. The third-order valence-corrected chi connectivity index (χ3v) is 5.80. The van der Waals surface area contributed by atoms with Crippen molar-refractivity contribution in [1.82, 2.24) is 19.8 Å². The van der Waals surface area contributed by atoms with Crippen molar-refractivity contribution in [3.63, 3.8) is 0 Å². The summed E-state index contributed by atoms with van der Waals surface area (Å²) in [7, 11) is 1.84. The van der Waals surface area contributed by atoms with E-state index in [0.717, 1.165) is 37.8 Å². The SMILES string of the molecule is CN=C(NCc1nccn1CCc1ccccc1)N1CCOC(c2ccccc2C)C1.I. The Kier molecular flexibility index (Phi) is 9.11. The number of benzene rings is 2. The normalized spacial score (nSPS) is 16.5. The number of halogens is 1. The fraction of sp³-hybridized carbons (Fsp3) is 0.360. The smallest absolute Gasteiger partial charge is 0.194 e. The van der Waals surface area contributed by atoms with Crippen molar-refractivity contribution < 1.29 is 4.74 Å². The van der Waals surface area contributed by atoms with Crippen LogP contribution in [0.5, 0.6) is 0 Å². The van der Waals surface area contributed by atoms with Crippen LogP contribution >= 0.6 is 24.0 Å². The molecular weight excluding hydrogens is 513 g/mol. The van der Waals surface area contributed by atoms with Gasteiger partial charge in [-0.1, -0.05) is 54.6 Å². The average molecular weight is 545 g/mol. The van der Waals surface area contributed by atoms with Crippen LogP contribution in [-0.2, 0) is 24.2 Å². The maximum Gasteiger partial charge on any atom is 0.194 e. The lowest BCUT2D eigenvalue weighted by atomic mass is 10.0. The van der Waals surface area contributed by atoms with E-state index < -0.39 is 0 Å². The van der Waals surface area contributed by atoms with E-state index in [1.807, 2.05) is 19.4 Å². The summed E-state index contributed by atoms with van der Waals surface area (Å²) in [5, 5.41) is 3.50. The predicted octanol–water partition coefficient (Wildman–Crippen LogP) is 4.20. The highest BCUT2D eigenvalue weighted by Gasteiger charge is 2.25. The number of morpholine rings is 1. The number of ether oxygens (including phenoxy) is 1. The highest BCUT2D eigenvalue weighted by Crippen LogP contribution is 2.25. The summed E-state index contributed by atoms with van der Waals surface area (Å²) >= 11 is 0. The van der Waals surface area contributed by atoms with Crippen LogP contribution in [0.15, 0.2) is 72.0 Å². The number of imidazole rings is 1. The largest absolute Gasteiger partial charge is 0.370 e. The number of aromatic nitrogens is 2. The number of hydrogen-bond acceptors (Lipinski definition) is 3. The molecule has 1 aliphatic heterocycles. The van der Waals surface area contributed by atoms with Crippen molar-refractivity contribution in [2.45, 2.75) is 32.5 Å². The molecule has 0 radical (unpaired) electrons. The van der Waals surface area contributed by atoms with Gasteiger partial charge in [-0.3, -0.25) is 4.99 Å². The van der Waals surface area contributed by atoms with E-state index in [1.54, 1.807) is 0 Å². The predicted molar refractivity (Wildman–Crippen MR) is 139 cm³/mol. The lowest BCUT2D eigenvalue weighted by molar-refractivity contribution is -0.00835. The minimum absolute atomic E-state index is 0. The van der Waals surface area contributed by atoms with Gasteiger partial charge in [0.25, 0.3) is 0 Å². The van der Waals surface area contributed by atoms with Gasteiger partial charge < -0.3 is 19.5 Å². The second-order valence-electron chi connectivity index (χ2n) is 7.84. The first-order valence-corrected chi connectivity index (χ1v) is 10.9. The monoisotopic (exact) mass is 545 g/mol. The van der Waals surface area contributed by atoms with Crippen LogP contribution in [0.1, 0.15) is 28.6 Å². The highest BCUT2D eigenvalue weighted by atomic mass is 127. The van der Waals surface area contributed by atoms with Gasteiger partial charge in [0, 0.05) is 32.5 Å². The standard InChI is InChI=1S/C25H31N5O.HI/c1-20-8-6-7-11-22(20)23-19-30(16-17-31-23)25(26-2)28-18-24-27-13-15-29(24)14-12-21-9-4-3-5-10-21;/h3-11,13,15,23H,12,14,16-19H2,1-2H3,(H,26,28);1H. The second kappa shape index (κ2) is 12.0. The molecule has 1 fully saturated rings. The zero-order chi connectivity index (χ0) is 21.5. The molecule has 3 aromatic rings. The Morgan fingerprint density at radius 1 is 1.16 bits per heavy atom. The number of rotatable bonds is 6. The molecule has 1 aliphatic rings. The zero-order valence-corrected chi connectivity index (χ0v) is 21.1. The zero-order valence-electron chi connectivity index (χ0n) is 18.8. The molecule has 1 N–H and O–H groups in total. The molecule has 0 aliphatic carbocycles. The Morgan fingerprint density at radius 3 is 2.72 bits per heavy atom. The molecule has 32 heavy (non-hydrogen) atoms. The van der Waals surface area contributed by atoms with E-state index in [9.17, 15) is 0 Å². The molecule has 7 heteroatoms. The van der Waals surface area contributed by atoms with E-state index in [-0.39, 0.29) is 30.1 Å². The molecule has 1 atom stereocenters. The Hall–Kier alpha value is -2.39. The van der Waals surface area contributed by atoms with Gasteiger partial charge in [-0.05, 0) is 30.0 Å². The van der Waals surface area contributed by atoms with Crippen LogP contribution in [0.3, 0.4) is 0 Å². The number of guanidine groups is 1. The topological polar surface area (TPSA) is 54.7 Å². The highest BCUT2D eigenvalue weighted by molar-refractivity contribution is 14.0. The van der Waals surface area contributed by atoms with Crippen LogP contribution in [0, 0.1) is 6.92 Å². The molecule has 1 saturated heterocycles. The van der Waals surface area contributed by atoms with Gasteiger partial charge in [0.05, 0.1) is 19.7 Å². The van der Waals surface area contributed by atoms with Crippen molar-refractivity contribution in [2.24, 2.45) is 4.99 Å². The number of aliphatic imine (C=N–C) groups is 1.